The highest BCUT2D eigenvalue weighted by Gasteiger charge is 2.04. The van der Waals surface area contributed by atoms with Crippen LogP contribution in [0.3, 0.4) is 0 Å². The highest BCUT2D eigenvalue weighted by atomic mass is 19.1. The third-order valence-electron chi connectivity index (χ3n) is 2.93. The minimum absolute atomic E-state index is 0.0533. The fourth-order valence-corrected chi connectivity index (χ4v) is 1.86. The van der Waals surface area contributed by atoms with Crippen LogP contribution < -0.4 is 16.0 Å². The van der Waals surface area contributed by atoms with Crippen LogP contribution in [0, 0.1) is 5.82 Å². The molecule has 0 atom stereocenters. The molecule has 0 spiro atoms. The first-order valence-electron chi connectivity index (χ1n) is 7.06. The number of anilines is 1. The summed E-state index contributed by atoms with van der Waals surface area (Å²) in [5.74, 6) is -0.0506. The first-order valence-corrected chi connectivity index (χ1v) is 7.06. The second-order valence-electron chi connectivity index (χ2n) is 4.70. The number of aliphatic imine (C=N–C) groups is 1. The Kier molecular flexibility index (Phi) is 6.05. The summed E-state index contributed by atoms with van der Waals surface area (Å²) in [6.07, 6.45) is 3.20. The molecule has 1 amide bonds. The largest absolute Gasteiger partial charge is 0.352 e. The van der Waals surface area contributed by atoms with E-state index in [4.69, 9.17) is 0 Å². The summed E-state index contributed by atoms with van der Waals surface area (Å²) < 4.78 is 13.1. The van der Waals surface area contributed by atoms with Gasteiger partial charge in [0.05, 0.1) is 18.4 Å². The number of nitrogens with one attached hydrogen (secondary N) is 3. The van der Waals surface area contributed by atoms with Crippen molar-refractivity contribution in [2.45, 2.75) is 6.54 Å². The van der Waals surface area contributed by atoms with Crippen LogP contribution >= 0.6 is 0 Å². The highest BCUT2D eigenvalue weighted by molar-refractivity contribution is 5.94. The summed E-state index contributed by atoms with van der Waals surface area (Å²) >= 11 is 0. The van der Waals surface area contributed by atoms with Crippen LogP contribution in [0.2, 0.25) is 0 Å². The average molecular weight is 315 g/mol. The van der Waals surface area contributed by atoms with Crippen LogP contribution in [0.15, 0.2) is 53.8 Å². The second-order valence-corrected chi connectivity index (χ2v) is 4.70. The molecule has 120 valence electrons. The number of pyridine rings is 1. The number of amides is 1. The first-order chi connectivity index (χ1) is 11.2. The molecule has 6 nitrogen and oxygen atoms in total. The number of carbonyl (C=O) groups excluding carboxylic acids is 1. The molecule has 0 aliphatic heterocycles. The van der Waals surface area contributed by atoms with Gasteiger partial charge in [-0.2, -0.15) is 0 Å². The van der Waals surface area contributed by atoms with Crippen molar-refractivity contribution in [2.24, 2.45) is 4.99 Å². The molecule has 0 fully saturated rings. The molecule has 0 aliphatic rings. The Balaban J connectivity index is 1.77. The predicted molar refractivity (Wildman–Crippen MR) is 87.5 cm³/mol. The molecule has 2 rings (SSSR count). The van der Waals surface area contributed by atoms with Crippen molar-refractivity contribution >= 4 is 17.6 Å². The molecule has 1 aromatic carbocycles. The summed E-state index contributed by atoms with van der Waals surface area (Å²) in [5.41, 5.74) is 1.41. The molecule has 1 heterocycles. The lowest BCUT2D eigenvalue weighted by Gasteiger charge is -2.12. The molecule has 0 saturated carbocycles. The number of nitrogens with zero attached hydrogens (tertiary/aromatic N) is 2. The highest BCUT2D eigenvalue weighted by Crippen LogP contribution is 2.03. The maximum Gasteiger partial charge on any atom is 0.243 e. The lowest BCUT2D eigenvalue weighted by atomic mass is 10.2. The fourth-order valence-electron chi connectivity index (χ4n) is 1.86. The van der Waals surface area contributed by atoms with Crippen LogP contribution in [-0.4, -0.2) is 30.4 Å². The number of hydrogen-bond donors (Lipinski definition) is 3. The number of aromatic nitrogens is 1. The van der Waals surface area contributed by atoms with Crippen LogP contribution in [0.25, 0.3) is 0 Å². The molecule has 1 aromatic heterocycles. The van der Waals surface area contributed by atoms with Gasteiger partial charge in [0.15, 0.2) is 5.96 Å². The maximum atomic E-state index is 13.1. The Morgan fingerprint density at radius 2 is 2.13 bits per heavy atom. The van der Waals surface area contributed by atoms with Gasteiger partial charge < -0.3 is 16.0 Å². The van der Waals surface area contributed by atoms with Gasteiger partial charge in [-0.3, -0.25) is 14.8 Å². The van der Waals surface area contributed by atoms with Crippen molar-refractivity contribution in [1.82, 2.24) is 15.6 Å². The number of benzene rings is 1. The molecule has 0 radical (unpaired) electrons. The summed E-state index contributed by atoms with van der Waals surface area (Å²) in [4.78, 5) is 19.7. The van der Waals surface area contributed by atoms with Crippen molar-refractivity contribution in [3.63, 3.8) is 0 Å². The second kappa shape index (κ2) is 8.47. The number of guanidine groups is 1. The zero-order chi connectivity index (χ0) is 16.5. The van der Waals surface area contributed by atoms with E-state index in [1.807, 2.05) is 0 Å². The lowest BCUT2D eigenvalue weighted by molar-refractivity contribution is -0.115. The van der Waals surface area contributed by atoms with Gasteiger partial charge in [-0.05, 0) is 29.8 Å². The molecule has 0 aliphatic carbocycles. The molecular formula is C16H18FN5O. The van der Waals surface area contributed by atoms with E-state index in [0.717, 1.165) is 5.56 Å². The van der Waals surface area contributed by atoms with Crippen LogP contribution in [0.5, 0.6) is 0 Å². The Hall–Kier alpha value is -2.96. The topological polar surface area (TPSA) is 78.4 Å². The molecule has 7 heteroatoms. The van der Waals surface area contributed by atoms with Crippen molar-refractivity contribution in [1.29, 1.82) is 0 Å². The molecule has 0 bridgehead atoms. The molecule has 0 unspecified atom stereocenters. The van der Waals surface area contributed by atoms with E-state index in [1.54, 1.807) is 43.7 Å². The minimum Gasteiger partial charge on any atom is -0.352 e. The van der Waals surface area contributed by atoms with E-state index >= 15 is 0 Å². The van der Waals surface area contributed by atoms with E-state index in [9.17, 15) is 9.18 Å². The van der Waals surface area contributed by atoms with Gasteiger partial charge in [-0.25, -0.2) is 4.39 Å². The third kappa shape index (κ3) is 5.74. The molecule has 23 heavy (non-hydrogen) atoms. The van der Waals surface area contributed by atoms with Gasteiger partial charge in [0.25, 0.3) is 0 Å². The maximum absolute atomic E-state index is 13.1. The normalized spacial score (nSPS) is 11.0. The number of rotatable bonds is 5. The van der Waals surface area contributed by atoms with E-state index < -0.39 is 0 Å². The summed E-state index contributed by atoms with van der Waals surface area (Å²) in [6.45, 7) is 0.458. The average Bonchev–Trinajstić information content (AvgIpc) is 2.56. The van der Waals surface area contributed by atoms with Gasteiger partial charge >= 0.3 is 0 Å². The molecule has 3 N–H and O–H groups in total. The van der Waals surface area contributed by atoms with E-state index in [1.165, 1.54) is 12.1 Å². The Morgan fingerprint density at radius 3 is 2.83 bits per heavy atom. The van der Waals surface area contributed by atoms with E-state index in [-0.39, 0.29) is 18.3 Å². The van der Waals surface area contributed by atoms with Gasteiger partial charge in [0.2, 0.25) is 5.91 Å². The SMILES string of the molecule is CN=C(NCC(=O)Nc1cccnc1)NCc1cccc(F)c1. The first kappa shape index (κ1) is 16.4. The third-order valence-corrected chi connectivity index (χ3v) is 2.93. The van der Waals surface area contributed by atoms with Crippen LogP contribution in [-0.2, 0) is 11.3 Å². The molecule has 2 aromatic rings. The number of halogens is 1. The standard InChI is InChI=1S/C16H18FN5O/c1-18-16(20-9-12-4-2-5-13(17)8-12)21-11-15(23)22-14-6-3-7-19-10-14/h2-8,10H,9,11H2,1H3,(H,22,23)(H2,18,20,21). The predicted octanol–water partition coefficient (Wildman–Crippen LogP) is 1.52. The fraction of sp³-hybridized carbons (Fsp3) is 0.188. The minimum atomic E-state index is -0.289. The summed E-state index contributed by atoms with van der Waals surface area (Å²) in [7, 11) is 1.60. The van der Waals surface area contributed by atoms with Crippen molar-refractivity contribution in [2.75, 3.05) is 18.9 Å². The van der Waals surface area contributed by atoms with Crippen LogP contribution in [0.4, 0.5) is 10.1 Å². The van der Waals surface area contributed by atoms with Gasteiger partial charge in [-0.15, -0.1) is 0 Å². The Morgan fingerprint density at radius 1 is 1.26 bits per heavy atom. The zero-order valence-corrected chi connectivity index (χ0v) is 12.7. The zero-order valence-electron chi connectivity index (χ0n) is 12.7. The molecule has 0 saturated heterocycles. The Bertz CT molecular complexity index is 675. The quantitative estimate of drug-likeness (QED) is 0.577. The monoisotopic (exact) mass is 315 g/mol. The van der Waals surface area contributed by atoms with Gasteiger partial charge in [0, 0.05) is 19.8 Å². The molecular weight excluding hydrogens is 297 g/mol. The van der Waals surface area contributed by atoms with Crippen molar-refractivity contribution in [3.05, 3.63) is 60.2 Å². The van der Waals surface area contributed by atoms with E-state index in [2.05, 4.69) is 25.9 Å². The van der Waals surface area contributed by atoms with Crippen molar-refractivity contribution < 1.29 is 9.18 Å². The number of hydrogen-bond acceptors (Lipinski definition) is 3. The van der Waals surface area contributed by atoms with Crippen LogP contribution in [0.1, 0.15) is 5.56 Å². The smallest absolute Gasteiger partial charge is 0.243 e. The van der Waals surface area contributed by atoms with Crippen molar-refractivity contribution in [3.8, 4) is 0 Å². The van der Waals surface area contributed by atoms with Gasteiger partial charge in [0.1, 0.15) is 5.82 Å². The van der Waals surface area contributed by atoms with Gasteiger partial charge in [-0.1, -0.05) is 12.1 Å². The summed E-state index contributed by atoms with van der Waals surface area (Å²) in [6, 6.07) is 9.77. The summed E-state index contributed by atoms with van der Waals surface area (Å²) in [5, 5.41) is 8.61. The number of carbonyl (C=O) groups is 1. The Labute approximate surface area is 133 Å². The van der Waals surface area contributed by atoms with E-state index in [0.29, 0.717) is 18.2 Å². The lowest BCUT2D eigenvalue weighted by Crippen LogP contribution is -2.41.